The van der Waals surface area contributed by atoms with E-state index in [2.05, 4.69) is 48.9 Å². The zero-order valence-corrected chi connectivity index (χ0v) is 17.4. The molecule has 1 aromatic heterocycles. The molecular weight excluding hydrogens is 385 g/mol. The molecule has 1 saturated carbocycles. The third-order valence-corrected chi connectivity index (χ3v) is 6.34. The Labute approximate surface area is 175 Å². The molecule has 3 aromatic rings. The van der Waals surface area contributed by atoms with Gasteiger partial charge in [0.05, 0.1) is 11.3 Å². The number of rotatable bonds is 6. The van der Waals surface area contributed by atoms with Crippen molar-refractivity contribution in [1.82, 2.24) is 4.98 Å². The van der Waals surface area contributed by atoms with Gasteiger partial charge in [-0.25, -0.2) is 0 Å². The molecule has 0 aliphatic heterocycles. The molecule has 1 aliphatic rings. The van der Waals surface area contributed by atoms with Gasteiger partial charge in [0.25, 0.3) is 0 Å². The Bertz CT molecular complexity index is 1050. The highest BCUT2D eigenvalue weighted by molar-refractivity contribution is 5.93. The number of allylic oxidation sites excluding steroid dienone is 1. The first kappa shape index (κ1) is 20.6. The molecule has 158 valence electrons. The molecule has 0 atom stereocenters. The Morgan fingerprint density at radius 3 is 2.37 bits per heavy atom. The molecule has 2 nitrogen and oxygen atoms in total. The molecule has 1 aliphatic carbocycles. The number of aryl methyl sites for hydroxylation is 2. The van der Waals surface area contributed by atoms with Crippen LogP contribution in [0.3, 0.4) is 0 Å². The quantitative estimate of drug-likeness (QED) is 0.436. The van der Waals surface area contributed by atoms with Gasteiger partial charge in [-0.15, -0.1) is 0 Å². The molecule has 0 spiro atoms. The highest BCUT2D eigenvalue weighted by Crippen LogP contribution is 2.50. The van der Waals surface area contributed by atoms with Crippen LogP contribution in [0.5, 0.6) is 0 Å². The average molecular weight is 412 g/mol. The van der Waals surface area contributed by atoms with Crippen LogP contribution in [0.25, 0.3) is 10.9 Å². The first-order chi connectivity index (χ1) is 14.1. The number of nitrogens with one attached hydrogen (secondary N) is 2. The fourth-order valence-electron chi connectivity index (χ4n) is 4.61. The number of aromatic amines is 1. The summed E-state index contributed by atoms with van der Waals surface area (Å²) in [4.78, 5) is 3.30. The van der Waals surface area contributed by atoms with E-state index < -0.39 is 11.7 Å². The second-order valence-electron chi connectivity index (χ2n) is 8.95. The summed E-state index contributed by atoms with van der Waals surface area (Å²) in [5, 5.41) is 4.63. The van der Waals surface area contributed by atoms with Gasteiger partial charge in [0.15, 0.2) is 0 Å². The van der Waals surface area contributed by atoms with Crippen molar-refractivity contribution in [2.75, 3.05) is 5.32 Å². The number of hydrogen-bond acceptors (Lipinski definition) is 1. The summed E-state index contributed by atoms with van der Waals surface area (Å²) in [7, 11) is 0. The van der Waals surface area contributed by atoms with E-state index in [-0.39, 0.29) is 5.41 Å². The van der Waals surface area contributed by atoms with Crippen LogP contribution in [0, 0.1) is 11.3 Å². The second-order valence-corrected chi connectivity index (χ2v) is 8.95. The van der Waals surface area contributed by atoms with Crippen LogP contribution in [-0.2, 0) is 19.0 Å². The predicted octanol–water partition coefficient (Wildman–Crippen LogP) is 7.33. The molecule has 5 heteroatoms. The van der Waals surface area contributed by atoms with Crippen molar-refractivity contribution in [3.05, 3.63) is 77.6 Å². The summed E-state index contributed by atoms with van der Waals surface area (Å²) in [6.45, 7) is 8.81. The Balaban J connectivity index is 1.45. The molecule has 0 saturated heterocycles. The van der Waals surface area contributed by atoms with Gasteiger partial charge in [0.1, 0.15) is 0 Å². The van der Waals surface area contributed by atoms with E-state index in [0.717, 1.165) is 70.7 Å². The van der Waals surface area contributed by atoms with Crippen molar-refractivity contribution >= 4 is 16.6 Å². The van der Waals surface area contributed by atoms with Gasteiger partial charge in [0, 0.05) is 28.2 Å². The lowest BCUT2D eigenvalue weighted by molar-refractivity contribution is -0.137. The number of halogens is 3. The summed E-state index contributed by atoms with van der Waals surface area (Å²) in [5.41, 5.74) is 4.71. The minimum Gasteiger partial charge on any atom is -0.359 e. The third-order valence-electron chi connectivity index (χ3n) is 6.34. The van der Waals surface area contributed by atoms with Gasteiger partial charge < -0.3 is 10.3 Å². The number of fused-ring (bicyclic) bond motifs is 1. The predicted molar refractivity (Wildman–Crippen MR) is 116 cm³/mol. The van der Waals surface area contributed by atoms with Crippen molar-refractivity contribution in [2.45, 2.75) is 45.7 Å². The monoisotopic (exact) mass is 412 g/mol. The van der Waals surface area contributed by atoms with E-state index in [1.54, 1.807) is 12.1 Å². The molecule has 2 aromatic carbocycles. The zero-order chi connectivity index (χ0) is 21.5. The molecule has 0 bridgehead atoms. The standard InChI is InChI=1S/C25H27F3N2/c1-16-13-24(3,14-16)17(2)30-23-15-29-22-11-8-19(12-21(22)23)5-4-18-6-9-20(10-7-18)25(26,27)28/h6-12,15-16,29-30H,2,4-5,13-14H2,1,3H3. The van der Waals surface area contributed by atoms with Crippen LogP contribution in [0.2, 0.25) is 0 Å². The summed E-state index contributed by atoms with van der Waals surface area (Å²) in [6.07, 6.45) is 1.45. The highest BCUT2D eigenvalue weighted by atomic mass is 19.4. The smallest absolute Gasteiger partial charge is 0.359 e. The van der Waals surface area contributed by atoms with Crippen LogP contribution in [0.4, 0.5) is 18.9 Å². The molecule has 1 fully saturated rings. The summed E-state index contributed by atoms with van der Waals surface area (Å²) < 4.78 is 38.2. The number of anilines is 1. The van der Waals surface area contributed by atoms with Gasteiger partial charge >= 0.3 is 6.18 Å². The fraction of sp³-hybridized carbons (Fsp3) is 0.360. The third kappa shape index (κ3) is 4.11. The van der Waals surface area contributed by atoms with Crippen LogP contribution >= 0.6 is 0 Å². The van der Waals surface area contributed by atoms with Crippen LogP contribution in [0.1, 0.15) is 43.4 Å². The molecular formula is C25H27F3N2. The number of alkyl halides is 3. The average Bonchev–Trinajstić information content (AvgIpc) is 3.07. The number of hydrogen-bond donors (Lipinski definition) is 2. The van der Waals surface area contributed by atoms with E-state index in [1.807, 2.05) is 6.20 Å². The van der Waals surface area contributed by atoms with Crippen LogP contribution < -0.4 is 5.32 Å². The Kier molecular flexibility index (Phi) is 5.16. The molecule has 2 N–H and O–H groups in total. The topological polar surface area (TPSA) is 27.8 Å². The Morgan fingerprint density at radius 2 is 1.73 bits per heavy atom. The first-order valence-electron chi connectivity index (χ1n) is 10.4. The summed E-state index contributed by atoms with van der Waals surface area (Å²) in [5.74, 6) is 0.744. The number of aromatic nitrogens is 1. The maximum absolute atomic E-state index is 12.7. The van der Waals surface area contributed by atoms with Crippen LogP contribution in [-0.4, -0.2) is 4.98 Å². The van der Waals surface area contributed by atoms with Gasteiger partial charge in [0.2, 0.25) is 0 Å². The van der Waals surface area contributed by atoms with Gasteiger partial charge in [-0.2, -0.15) is 13.2 Å². The molecule has 30 heavy (non-hydrogen) atoms. The van der Waals surface area contributed by atoms with Crippen molar-refractivity contribution in [3.8, 4) is 0 Å². The molecule has 0 amide bonds. The number of H-pyrrole nitrogens is 1. The molecule has 1 heterocycles. The van der Waals surface area contributed by atoms with Crippen molar-refractivity contribution in [2.24, 2.45) is 11.3 Å². The van der Waals surface area contributed by atoms with E-state index in [4.69, 9.17) is 0 Å². The lowest BCUT2D eigenvalue weighted by Crippen LogP contribution is -2.36. The highest BCUT2D eigenvalue weighted by Gasteiger charge is 2.40. The molecule has 4 rings (SSSR count). The SMILES string of the molecule is C=C(Nc1c[nH]c2ccc(CCc3ccc(C(F)(F)F)cc3)cc12)C1(C)CC(C)C1. The Hall–Kier alpha value is -2.69. The molecule has 0 unspecified atom stereocenters. The second kappa shape index (κ2) is 7.53. The largest absolute Gasteiger partial charge is 0.416 e. The van der Waals surface area contributed by atoms with Crippen molar-refractivity contribution < 1.29 is 13.2 Å². The number of benzene rings is 2. The van der Waals surface area contributed by atoms with E-state index in [0.29, 0.717) is 6.42 Å². The maximum Gasteiger partial charge on any atom is 0.416 e. The van der Waals surface area contributed by atoms with E-state index >= 15 is 0 Å². The minimum absolute atomic E-state index is 0.142. The lowest BCUT2D eigenvalue weighted by atomic mass is 9.62. The van der Waals surface area contributed by atoms with Crippen molar-refractivity contribution in [1.29, 1.82) is 0 Å². The minimum atomic E-state index is -4.29. The van der Waals surface area contributed by atoms with Gasteiger partial charge in [-0.1, -0.05) is 38.6 Å². The Morgan fingerprint density at radius 1 is 1.10 bits per heavy atom. The van der Waals surface area contributed by atoms with Crippen molar-refractivity contribution in [3.63, 3.8) is 0 Å². The summed E-state index contributed by atoms with van der Waals surface area (Å²) in [6, 6.07) is 11.7. The van der Waals surface area contributed by atoms with Gasteiger partial charge in [-0.3, -0.25) is 0 Å². The normalized spacial score (nSPS) is 21.4. The van der Waals surface area contributed by atoms with E-state index in [9.17, 15) is 13.2 Å². The fourth-order valence-corrected chi connectivity index (χ4v) is 4.61. The van der Waals surface area contributed by atoms with Gasteiger partial charge in [-0.05, 0) is 67.0 Å². The lowest BCUT2D eigenvalue weighted by Gasteiger charge is -2.45. The van der Waals surface area contributed by atoms with Crippen LogP contribution in [0.15, 0.2) is 60.9 Å². The summed E-state index contributed by atoms with van der Waals surface area (Å²) >= 11 is 0. The first-order valence-corrected chi connectivity index (χ1v) is 10.4. The maximum atomic E-state index is 12.7. The van der Waals surface area contributed by atoms with E-state index in [1.165, 1.54) is 0 Å². The zero-order valence-electron chi connectivity index (χ0n) is 17.4. The molecule has 0 radical (unpaired) electrons.